The summed E-state index contributed by atoms with van der Waals surface area (Å²) < 4.78 is 12.5. The summed E-state index contributed by atoms with van der Waals surface area (Å²) >= 11 is 0. The molecule has 1 saturated heterocycles. The molecule has 0 amide bonds. The number of aromatic nitrogens is 2. The maximum atomic E-state index is 6.24. The molecule has 0 saturated carbocycles. The van der Waals surface area contributed by atoms with Crippen molar-refractivity contribution in [2.75, 3.05) is 0 Å². The molecule has 5 aromatic carbocycles. The number of rotatable bonds is 3. The molecule has 5 heteroatoms. The summed E-state index contributed by atoms with van der Waals surface area (Å²) in [6.45, 7) is 8.28. The fourth-order valence-electron chi connectivity index (χ4n) is 5.28. The van der Waals surface area contributed by atoms with E-state index in [0.717, 1.165) is 33.2 Å². The largest absolute Gasteiger partial charge is 0.494 e. The third-order valence-corrected chi connectivity index (χ3v) is 8.28. The van der Waals surface area contributed by atoms with E-state index in [1.54, 1.807) is 0 Å². The third kappa shape index (κ3) is 4.10. The van der Waals surface area contributed by atoms with E-state index in [2.05, 4.69) is 119 Å². The highest BCUT2D eigenvalue weighted by molar-refractivity contribution is 6.62. The maximum absolute atomic E-state index is 6.24. The SMILES string of the molecule is CC1(C)OB(c2ccc(-c3nc(-c4ccc5cc6ccccc6cc5c4)c4ccccc4n3)cc2)OC1(C)C. The lowest BCUT2D eigenvalue weighted by Gasteiger charge is -2.32. The Bertz CT molecular complexity index is 1860. The molecule has 1 fully saturated rings. The van der Waals surface area contributed by atoms with Crippen LogP contribution in [0.3, 0.4) is 0 Å². The van der Waals surface area contributed by atoms with Crippen LogP contribution >= 0.6 is 0 Å². The molecule has 2 heterocycles. The van der Waals surface area contributed by atoms with Gasteiger partial charge in [0.15, 0.2) is 5.82 Å². The van der Waals surface area contributed by atoms with Gasteiger partial charge in [-0.05, 0) is 79.0 Å². The number of hydrogen-bond donors (Lipinski definition) is 0. The Balaban J connectivity index is 1.30. The topological polar surface area (TPSA) is 44.2 Å². The normalized spacial score (nSPS) is 16.4. The van der Waals surface area contributed by atoms with Crippen LogP contribution in [0.4, 0.5) is 0 Å². The molecule has 6 aromatic rings. The zero-order valence-electron chi connectivity index (χ0n) is 22.6. The molecule has 0 spiro atoms. The predicted octanol–water partition coefficient (Wildman–Crippen LogP) is 7.57. The van der Waals surface area contributed by atoms with Crippen molar-refractivity contribution in [3.8, 4) is 22.6 Å². The summed E-state index contributed by atoms with van der Waals surface area (Å²) in [5, 5.41) is 5.93. The van der Waals surface area contributed by atoms with Gasteiger partial charge in [0.25, 0.3) is 0 Å². The molecular formula is C34H29BN2O2. The van der Waals surface area contributed by atoms with Crippen LogP contribution < -0.4 is 5.46 Å². The summed E-state index contributed by atoms with van der Waals surface area (Å²) in [7, 11) is -0.397. The smallest absolute Gasteiger partial charge is 0.399 e. The summed E-state index contributed by atoms with van der Waals surface area (Å²) in [4.78, 5) is 10.0. The van der Waals surface area contributed by atoms with E-state index < -0.39 is 7.12 Å². The molecule has 1 aromatic heterocycles. The van der Waals surface area contributed by atoms with Crippen LogP contribution in [-0.4, -0.2) is 28.3 Å². The standard InChI is InChI=1S/C34H29BN2O2/c1-33(2)34(3,4)39-35(38-33)28-17-15-22(16-18-28)32-36-30-12-8-7-11-29(30)31(37-32)26-14-13-25-19-23-9-5-6-10-24(23)20-27(25)21-26/h5-21H,1-4H3. The molecule has 0 radical (unpaired) electrons. The lowest BCUT2D eigenvalue weighted by molar-refractivity contribution is 0.00578. The van der Waals surface area contributed by atoms with Crippen LogP contribution in [0.25, 0.3) is 55.1 Å². The molecule has 1 aliphatic heterocycles. The van der Waals surface area contributed by atoms with Gasteiger partial charge in [-0.25, -0.2) is 9.97 Å². The zero-order chi connectivity index (χ0) is 26.8. The molecule has 0 unspecified atom stereocenters. The van der Waals surface area contributed by atoms with Gasteiger partial charge in [0.1, 0.15) is 0 Å². The summed E-state index contributed by atoms with van der Waals surface area (Å²) in [5.74, 6) is 0.697. The van der Waals surface area contributed by atoms with Crippen molar-refractivity contribution >= 4 is 45.0 Å². The van der Waals surface area contributed by atoms with Gasteiger partial charge in [-0.3, -0.25) is 0 Å². The summed E-state index contributed by atoms with van der Waals surface area (Å²) in [6.07, 6.45) is 0. The van der Waals surface area contributed by atoms with Crippen molar-refractivity contribution in [3.63, 3.8) is 0 Å². The minimum atomic E-state index is -0.397. The van der Waals surface area contributed by atoms with E-state index in [4.69, 9.17) is 19.3 Å². The second kappa shape index (κ2) is 8.73. The second-order valence-corrected chi connectivity index (χ2v) is 11.4. The molecule has 39 heavy (non-hydrogen) atoms. The van der Waals surface area contributed by atoms with Gasteiger partial charge < -0.3 is 9.31 Å². The van der Waals surface area contributed by atoms with Gasteiger partial charge in [-0.15, -0.1) is 0 Å². The van der Waals surface area contributed by atoms with E-state index in [9.17, 15) is 0 Å². The van der Waals surface area contributed by atoms with Crippen LogP contribution in [0.1, 0.15) is 27.7 Å². The quantitative estimate of drug-likeness (QED) is 0.183. The van der Waals surface area contributed by atoms with E-state index >= 15 is 0 Å². The summed E-state index contributed by atoms with van der Waals surface area (Å²) in [6, 6.07) is 36.0. The van der Waals surface area contributed by atoms with Gasteiger partial charge in [0.2, 0.25) is 0 Å². The highest BCUT2D eigenvalue weighted by atomic mass is 16.7. The van der Waals surface area contributed by atoms with Crippen molar-refractivity contribution in [1.29, 1.82) is 0 Å². The highest BCUT2D eigenvalue weighted by Gasteiger charge is 2.51. The van der Waals surface area contributed by atoms with E-state index in [1.807, 2.05) is 12.1 Å². The van der Waals surface area contributed by atoms with E-state index in [1.165, 1.54) is 21.5 Å². The Hall–Kier alpha value is -4.06. The Kier molecular flexibility index (Phi) is 5.38. The molecule has 0 atom stereocenters. The van der Waals surface area contributed by atoms with Crippen molar-refractivity contribution in [2.45, 2.75) is 38.9 Å². The van der Waals surface area contributed by atoms with Crippen LogP contribution in [0.15, 0.2) is 103 Å². The minimum absolute atomic E-state index is 0.376. The lowest BCUT2D eigenvalue weighted by Crippen LogP contribution is -2.41. The first-order valence-electron chi connectivity index (χ1n) is 13.4. The van der Waals surface area contributed by atoms with E-state index in [0.29, 0.717) is 5.82 Å². The number of fused-ring (bicyclic) bond motifs is 3. The molecule has 4 nitrogen and oxygen atoms in total. The number of benzene rings is 5. The van der Waals surface area contributed by atoms with Gasteiger partial charge in [-0.1, -0.05) is 78.9 Å². The monoisotopic (exact) mass is 508 g/mol. The van der Waals surface area contributed by atoms with E-state index in [-0.39, 0.29) is 11.2 Å². The van der Waals surface area contributed by atoms with Crippen LogP contribution in [0.5, 0.6) is 0 Å². The first-order chi connectivity index (χ1) is 18.8. The number of nitrogens with zero attached hydrogens (tertiary/aromatic N) is 2. The molecule has 0 N–H and O–H groups in total. The van der Waals surface area contributed by atoms with Crippen LogP contribution in [0.2, 0.25) is 0 Å². The fourth-order valence-corrected chi connectivity index (χ4v) is 5.28. The Morgan fingerprint density at radius 2 is 1.15 bits per heavy atom. The Morgan fingerprint density at radius 3 is 1.87 bits per heavy atom. The maximum Gasteiger partial charge on any atom is 0.494 e. The van der Waals surface area contributed by atoms with Crippen molar-refractivity contribution in [1.82, 2.24) is 9.97 Å². The van der Waals surface area contributed by atoms with Gasteiger partial charge in [-0.2, -0.15) is 0 Å². The van der Waals surface area contributed by atoms with Crippen LogP contribution in [0, 0.1) is 0 Å². The van der Waals surface area contributed by atoms with Crippen molar-refractivity contribution in [2.24, 2.45) is 0 Å². The van der Waals surface area contributed by atoms with Crippen molar-refractivity contribution in [3.05, 3.63) is 103 Å². The van der Waals surface area contributed by atoms with Gasteiger partial charge >= 0.3 is 7.12 Å². The molecular weight excluding hydrogens is 479 g/mol. The third-order valence-electron chi connectivity index (χ3n) is 8.28. The summed E-state index contributed by atoms with van der Waals surface area (Å²) in [5.41, 5.74) is 4.12. The molecule has 0 bridgehead atoms. The van der Waals surface area contributed by atoms with Crippen molar-refractivity contribution < 1.29 is 9.31 Å². The Morgan fingerprint density at radius 1 is 0.564 bits per heavy atom. The molecule has 1 aliphatic rings. The minimum Gasteiger partial charge on any atom is -0.399 e. The Labute approximate surface area is 228 Å². The predicted molar refractivity (Wildman–Crippen MR) is 161 cm³/mol. The first kappa shape index (κ1) is 24.0. The van der Waals surface area contributed by atoms with Gasteiger partial charge in [0, 0.05) is 16.5 Å². The molecule has 0 aliphatic carbocycles. The molecule has 7 rings (SSSR count). The highest BCUT2D eigenvalue weighted by Crippen LogP contribution is 2.37. The average molecular weight is 508 g/mol. The zero-order valence-corrected chi connectivity index (χ0v) is 22.6. The fraction of sp³-hybridized carbons (Fsp3) is 0.176. The van der Waals surface area contributed by atoms with Crippen LogP contribution in [-0.2, 0) is 9.31 Å². The molecule has 190 valence electrons. The second-order valence-electron chi connectivity index (χ2n) is 11.4. The number of para-hydroxylation sites is 1. The van der Waals surface area contributed by atoms with Gasteiger partial charge in [0.05, 0.1) is 22.4 Å². The lowest BCUT2D eigenvalue weighted by atomic mass is 9.79. The average Bonchev–Trinajstić information content (AvgIpc) is 3.17. The first-order valence-corrected chi connectivity index (χ1v) is 13.4. The number of hydrogen-bond acceptors (Lipinski definition) is 4.